The Morgan fingerprint density at radius 3 is 2.76 bits per heavy atom. The molecule has 0 spiro atoms. The predicted octanol–water partition coefficient (Wildman–Crippen LogP) is 2.65. The zero-order chi connectivity index (χ0) is 18.2. The van der Waals surface area contributed by atoms with Crippen LogP contribution >= 0.6 is 0 Å². The summed E-state index contributed by atoms with van der Waals surface area (Å²) in [6.07, 6.45) is 3.37. The molecule has 2 aliphatic heterocycles. The normalized spacial score (nSPS) is 20.5. The summed E-state index contributed by atoms with van der Waals surface area (Å²) in [7, 11) is 0. The maximum Gasteiger partial charge on any atom is 0.246 e. The van der Waals surface area contributed by atoms with E-state index in [4.69, 9.17) is 0 Å². The number of fused-ring (bicyclic) bond motifs is 1. The maximum absolute atomic E-state index is 12.6. The van der Waals surface area contributed by atoms with Gasteiger partial charge in [-0.15, -0.1) is 0 Å². The van der Waals surface area contributed by atoms with E-state index in [1.165, 1.54) is 0 Å². The third-order valence-electron chi connectivity index (χ3n) is 5.23. The summed E-state index contributed by atoms with van der Waals surface area (Å²) >= 11 is 0. The fourth-order valence-corrected chi connectivity index (χ4v) is 3.45. The molecule has 25 heavy (non-hydrogen) atoms. The lowest BCUT2D eigenvalue weighted by molar-refractivity contribution is -0.137. The van der Waals surface area contributed by atoms with Crippen LogP contribution in [0.1, 0.15) is 52.0 Å². The second kappa shape index (κ2) is 6.50. The van der Waals surface area contributed by atoms with Crippen LogP contribution in [0.5, 0.6) is 0 Å². The highest BCUT2D eigenvalue weighted by molar-refractivity contribution is 6.06. The van der Waals surface area contributed by atoms with Crippen LogP contribution in [0.4, 0.5) is 11.4 Å². The van der Waals surface area contributed by atoms with E-state index < -0.39 is 11.5 Å². The van der Waals surface area contributed by atoms with Crippen LogP contribution in [-0.2, 0) is 19.8 Å². The first-order valence-corrected chi connectivity index (χ1v) is 8.87. The predicted molar refractivity (Wildman–Crippen MR) is 96.4 cm³/mol. The molecular formula is C19H25N3O3. The van der Waals surface area contributed by atoms with Crippen molar-refractivity contribution in [3.8, 4) is 0 Å². The third-order valence-corrected chi connectivity index (χ3v) is 5.23. The molecule has 134 valence electrons. The largest absolute Gasteiger partial charge is 0.331 e. The number of amides is 3. The van der Waals surface area contributed by atoms with Crippen molar-refractivity contribution in [1.82, 2.24) is 4.90 Å². The summed E-state index contributed by atoms with van der Waals surface area (Å²) in [5, 5.41) is 5.74. The third kappa shape index (κ3) is 3.25. The molecule has 1 aromatic carbocycles. The first-order valence-electron chi connectivity index (χ1n) is 8.87. The molecule has 1 aromatic rings. The minimum Gasteiger partial charge on any atom is -0.331 e. The van der Waals surface area contributed by atoms with Gasteiger partial charge in [0.15, 0.2) is 0 Å². The Kier molecular flexibility index (Phi) is 4.54. The van der Waals surface area contributed by atoms with Gasteiger partial charge in [0.1, 0.15) is 6.04 Å². The van der Waals surface area contributed by atoms with E-state index in [1.807, 2.05) is 19.9 Å². The van der Waals surface area contributed by atoms with Crippen molar-refractivity contribution in [1.29, 1.82) is 0 Å². The molecule has 2 aliphatic rings. The van der Waals surface area contributed by atoms with Crippen LogP contribution in [0, 0.1) is 0 Å². The highest BCUT2D eigenvalue weighted by Gasteiger charge is 2.38. The molecule has 0 aliphatic carbocycles. The van der Waals surface area contributed by atoms with Gasteiger partial charge in [-0.05, 0) is 57.4 Å². The van der Waals surface area contributed by atoms with E-state index in [-0.39, 0.29) is 17.7 Å². The highest BCUT2D eigenvalue weighted by atomic mass is 16.2. The number of rotatable bonds is 3. The summed E-state index contributed by atoms with van der Waals surface area (Å²) < 4.78 is 0. The molecule has 1 atom stereocenters. The Hall–Kier alpha value is -2.37. The molecule has 6 nitrogen and oxygen atoms in total. The molecular weight excluding hydrogens is 318 g/mol. The van der Waals surface area contributed by atoms with Crippen LogP contribution in [0.2, 0.25) is 0 Å². The minimum atomic E-state index is -0.623. The number of benzene rings is 1. The molecule has 1 unspecified atom stereocenters. The van der Waals surface area contributed by atoms with Gasteiger partial charge in [-0.1, -0.05) is 6.42 Å². The first kappa shape index (κ1) is 17.5. The average molecular weight is 343 g/mol. The van der Waals surface area contributed by atoms with E-state index in [0.29, 0.717) is 18.7 Å². The number of carbonyl (C=O) groups excluding carboxylic acids is 3. The number of hydrogen-bond donors (Lipinski definition) is 2. The topological polar surface area (TPSA) is 78.5 Å². The Morgan fingerprint density at radius 2 is 2.00 bits per heavy atom. The Bertz CT molecular complexity index is 727. The Labute approximate surface area is 148 Å². The van der Waals surface area contributed by atoms with Crippen LogP contribution in [-0.4, -0.2) is 35.2 Å². The number of likely N-dealkylation sites (tertiary alicyclic amines) is 1. The molecule has 0 saturated carbocycles. The molecule has 0 radical (unpaired) electrons. The molecule has 6 heteroatoms. The van der Waals surface area contributed by atoms with Crippen molar-refractivity contribution in [3.63, 3.8) is 0 Å². The van der Waals surface area contributed by atoms with Gasteiger partial charge in [-0.3, -0.25) is 14.4 Å². The molecule has 2 heterocycles. The van der Waals surface area contributed by atoms with Crippen LogP contribution in [0.25, 0.3) is 0 Å². The highest BCUT2D eigenvalue weighted by Crippen LogP contribution is 2.38. The first-order chi connectivity index (χ1) is 11.8. The van der Waals surface area contributed by atoms with Gasteiger partial charge in [0, 0.05) is 24.3 Å². The van der Waals surface area contributed by atoms with E-state index in [9.17, 15) is 14.4 Å². The fourth-order valence-electron chi connectivity index (χ4n) is 3.45. The lowest BCUT2D eigenvalue weighted by Gasteiger charge is -2.27. The summed E-state index contributed by atoms with van der Waals surface area (Å²) in [5.41, 5.74) is 1.67. The minimum absolute atomic E-state index is 0.0463. The summed E-state index contributed by atoms with van der Waals surface area (Å²) in [6.45, 7) is 6.11. The lowest BCUT2D eigenvalue weighted by Crippen LogP contribution is -2.45. The standard InChI is InChI=1S/C19H25N3O3/c1-12(22-10-6-4-5-7-16(22)23)17(24)20-13-8-9-15-14(11-13)19(2,3)18(25)21-15/h8-9,11-12H,4-7,10H2,1-3H3,(H,20,24)(H,21,25). The average Bonchev–Trinajstić information content (AvgIpc) is 2.71. The maximum atomic E-state index is 12.6. The van der Waals surface area contributed by atoms with E-state index in [1.54, 1.807) is 24.0 Å². The molecule has 3 rings (SSSR count). The number of hydrogen-bond acceptors (Lipinski definition) is 3. The van der Waals surface area contributed by atoms with Crippen molar-refractivity contribution < 1.29 is 14.4 Å². The van der Waals surface area contributed by atoms with Gasteiger partial charge in [0.05, 0.1) is 5.41 Å². The van der Waals surface area contributed by atoms with Gasteiger partial charge in [0.25, 0.3) is 0 Å². The van der Waals surface area contributed by atoms with E-state index >= 15 is 0 Å². The number of nitrogens with zero attached hydrogens (tertiary/aromatic N) is 1. The Balaban J connectivity index is 1.74. The second-order valence-corrected chi connectivity index (χ2v) is 7.40. The van der Waals surface area contributed by atoms with Crippen LogP contribution in [0.3, 0.4) is 0 Å². The van der Waals surface area contributed by atoms with Crippen molar-refractivity contribution in [2.45, 2.75) is 57.9 Å². The van der Waals surface area contributed by atoms with Crippen molar-refractivity contribution >= 4 is 29.1 Å². The summed E-state index contributed by atoms with van der Waals surface area (Å²) in [6, 6.07) is 4.91. The summed E-state index contributed by atoms with van der Waals surface area (Å²) in [4.78, 5) is 38.5. The molecule has 1 saturated heterocycles. The Morgan fingerprint density at radius 1 is 1.24 bits per heavy atom. The van der Waals surface area contributed by atoms with Gasteiger partial charge in [-0.25, -0.2) is 0 Å². The van der Waals surface area contributed by atoms with Crippen molar-refractivity contribution in [3.05, 3.63) is 23.8 Å². The molecule has 0 bridgehead atoms. The zero-order valence-electron chi connectivity index (χ0n) is 15.0. The number of nitrogens with one attached hydrogen (secondary N) is 2. The van der Waals surface area contributed by atoms with E-state index in [2.05, 4.69) is 10.6 Å². The monoisotopic (exact) mass is 343 g/mol. The zero-order valence-corrected chi connectivity index (χ0v) is 15.0. The summed E-state index contributed by atoms with van der Waals surface area (Å²) in [5.74, 6) is -0.204. The van der Waals surface area contributed by atoms with Gasteiger partial charge in [-0.2, -0.15) is 0 Å². The number of carbonyl (C=O) groups is 3. The molecule has 0 aromatic heterocycles. The fraction of sp³-hybridized carbons (Fsp3) is 0.526. The second-order valence-electron chi connectivity index (χ2n) is 7.40. The quantitative estimate of drug-likeness (QED) is 0.885. The lowest BCUT2D eigenvalue weighted by atomic mass is 9.86. The SMILES string of the molecule is CC(C(=O)Nc1ccc2c(c1)C(C)(C)C(=O)N2)N1CCCCCC1=O. The van der Waals surface area contributed by atoms with Gasteiger partial charge >= 0.3 is 0 Å². The molecule has 1 fully saturated rings. The van der Waals surface area contributed by atoms with Gasteiger partial charge in [0.2, 0.25) is 17.7 Å². The molecule has 2 N–H and O–H groups in total. The van der Waals surface area contributed by atoms with Crippen LogP contribution < -0.4 is 10.6 Å². The van der Waals surface area contributed by atoms with Gasteiger partial charge < -0.3 is 15.5 Å². The van der Waals surface area contributed by atoms with Crippen LogP contribution in [0.15, 0.2) is 18.2 Å². The van der Waals surface area contributed by atoms with E-state index in [0.717, 1.165) is 30.5 Å². The van der Waals surface area contributed by atoms with Crippen molar-refractivity contribution in [2.24, 2.45) is 0 Å². The number of anilines is 2. The van der Waals surface area contributed by atoms with Crippen molar-refractivity contribution in [2.75, 3.05) is 17.2 Å². The molecule has 3 amide bonds. The smallest absolute Gasteiger partial charge is 0.246 e.